The van der Waals surface area contributed by atoms with Crippen LogP contribution in [0.2, 0.25) is 0 Å². The highest BCUT2D eigenvalue weighted by molar-refractivity contribution is 5.98. The minimum atomic E-state index is 0.384. The first kappa shape index (κ1) is 11.6. The second-order valence-corrected chi connectivity index (χ2v) is 5.69. The molecule has 0 aromatic heterocycles. The first-order chi connectivity index (χ1) is 7.50. The summed E-state index contributed by atoms with van der Waals surface area (Å²) in [6.07, 6.45) is 4.34. The molecule has 3 atom stereocenters. The maximum atomic E-state index is 11.8. The smallest absolute Gasteiger partial charge is 0.159 e. The molecule has 1 saturated carbocycles. The van der Waals surface area contributed by atoms with Gasteiger partial charge in [0.1, 0.15) is 0 Å². The summed E-state index contributed by atoms with van der Waals surface area (Å²) >= 11 is 0. The van der Waals surface area contributed by atoms with E-state index >= 15 is 0 Å². The molecule has 1 fully saturated rings. The van der Waals surface area contributed by atoms with Crippen molar-refractivity contribution in [2.24, 2.45) is 17.8 Å². The minimum absolute atomic E-state index is 0.384. The van der Waals surface area contributed by atoms with Crippen LogP contribution in [-0.4, -0.2) is 5.78 Å². The van der Waals surface area contributed by atoms with Crippen molar-refractivity contribution in [3.8, 4) is 0 Å². The summed E-state index contributed by atoms with van der Waals surface area (Å²) in [5.41, 5.74) is 3.79. The van der Waals surface area contributed by atoms with Gasteiger partial charge in [-0.25, -0.2) is 0 Å². The number of Topliss-reactive ketones (excluding diaryl/α,β-unsaturated/α-hetero) is 1. The summed E-state index contributed by atoms with van der Waals surface area (Å²) in [4.78, 5) is 11.8. The second-order valence-electron chi connectivity index (χ2n) is 5.69. The van der Waals surface area contributed by atoms with Crippen molar-refractivity contribution in [2.75, 3.05) is 0 Å². The zero-order valence-electron chi connectivity index (χ0n) is 10.7. The number of rotatable bonds is 1. The van der Waals surface area contributed by atoms with Gasteiger partial charge < -0.3 is 0 Å². The Balaban J connectivity index is 2.31. The molecule has 0 saturated heterocycles. The zero-order valence-corrected chi connectivity index (χ0v) is 10.7. The van der Waals surface area contributed by atoms with Gasteiger partial charge in [0.05, 0.1) is 0 Å². The Hall–Kier alpha value is -0.850. The SMILES string of the molecule is C=C(C)C1CC[C@H](C)[C@@H]2CC(=O)C(C)=C2C1. The monoisotopic (exact) mass is 218 g/mol. The predicted octanol–water partition coefficient (Wildman–Crippen LogP) is 3.90. The fraction of sp³-hybridized carbons (Fsp3) is 0.667. The van der Waals surface area contributed by atoms with Crippen molar-refractivity contribution in [2.45, 2.75) is 46.5 Å². The largest absolute Gasteiger partial charge is 0.295 e. The van der Waals surface area contributed by atoms with Crippen LogP contribution in [-0.2, 0) is 4.79 Å². The maximum Gasteiger partial charge on any atom is 0.159 e. The molecule has 0 aromatic rings. The topological polar surface area (TPSA) is 17.1 Å². The van der Waals surface area contributed by atoms with Crippen LogP contribution in [0.15, 0.2) is 23.3 Å². The van der Waals surface area contributed by atoms with Crippen molar-refractivity contribution >= 4 is 5.78 Å². The van der Waals surface area contributed by atoms with E-state index in [4.69, 9.17) is 0 Å². The highest BCUT2D eigenvalue weighted by atomic mass is 16.1. The van der Waals surface area contributed by atoms with Gasteiger partial charge in [0.15, 0.2) is 5.78 Å². The van der Waals surface area contributed by atoms with E-state index < -0.39 is 0 Å². The lowest BCUT2D eigenvalue weighted by Gasteiger charge is -2.18. The van der Waals surface area contributed by atoms with Gasteiger partial charge in [0.2, 0.25) is 0 Å². The van der Waals surface area contributed by atoms with Gasteiger partial charge in [-0.3, -0.25) is 4.79 Å². The van der Waals surface area contributed by atoms with Gasteiger partial charge in [0, 0.05) is 6.42 Å². The van der Waals surface area contributed by atoms with E-state index in [0.29, 0.717) is 23.5 Å². The van der Waals surface area contributed by atoms with E-state index in [1.807, 2.05) is 6.92 Å². The molecule has 0 aromatic carbocycles. The average Bonchev–Trinajstić information content (AvgIpc) is 2.42. The lowest BCUT2D eigenvalue weighted by atomic mass is 9.86. The van der Waals surface area contributed by atoms with Gasteiger partial charge in [-0.05, 0) is 56.4 Å². The van der Waals surface area contributed by atoms with Crippen LogP contribution in [0.4, 0.5) is 0 Å². The fourth-order valence-corrected chi connectivity index (χ4v) is 3.24. The standard InChI is InChI=1S/C15H22O/c1-9(2)12-6-5-10(3)13-8-15(16)11(4)14(13)7-12/h10,12-13H,1,5-8H2,2-4H3/t10-,12?,13-/m0/s1. The molecule has 0 aliphatic heterocycles. The van der Waals surface area contributed by atoms with E-state index in [2.05, 4.69) is 20.4 Å². The number of hydrogen-bond acceptors (Lipinski definition) is 1. The van der Waals surface area contributed by atoms with Crippen LogP contribution in [0, 0.1) is 17.8 Å². The average molecular weight is 218 g/mol. The van der Waals surface area contributed by atoms with Crippen LogP contribution >= 0.6 is 0 Å². The summed E-state index contributed by atoms with van der Waals surface area (Å²) in [5.74, 6) is 2.19. The van der Waals surface area contributed by atoms with Crippen molar-refractivity contribution < 1.29 is 4.79 Å². The maximum absolute atomic E-state index is 11.8. The molecule has 1 nitrogen and oxygen atoms in total. The number of hydrogen-bond donors (Lipinski definition) is 0. The summed E-state index contributed by atoms with van der Waals surface area (Å²) in [6, 6.07) is 0. The zero-order chi connectivity index (χ0) is 11.9. The fourth-order valence-electron chi connectivity index (χ4n) is 3.24. The van der Waals surface area contributed by atoms with Gasteiger partial charge in [0.25, 0.3) is 0 Å². The van der Waals surface area contributed by atoms with E-state index in [9.17, 15) is 4.79 Å². The van der Waals surface area contributed by atoms with Gasteiger partial charge in [-0.1, -0.05) is 24.6 Å². The summed E-state index contributed by atoms with van der Waals surface area (Å²) < 4.78 is 0. The molecule has 0 amide bonds. The first-order valence-corrected chi connectivity index (χ1v) is 6.39. The van der Waals surface area contributed by atoms with Crippen molar-refractivity contribution in [1.82, 2.24) is 0 Å². The number of carbonyl (C=O) groups excluding carboxylic acids is 1. The molecule has 1 unspecified atom stereocenters. The highest BCUT2D eigenvalue weighted by Gasteiger charge is 2.36. The van der Waals surface area contributed by atoms with Crippen LogP contribution in [0.25, 0.3) is 0 Å². The molecule has 1 heteroatoms. The third kappa shape index (κ3) is 1.88. The Kier molecular flexibility index (Phi) is 3.05. The third-order valence-electron chi connectivity index (χ3n) is 4.57. The molecular formula is C15H22O. The molecule has 16 heavy (non-hydrogen) atoms. The normalized spacial score (nSPS) is 34.9. The van der Waals surface area contributed by atoms with Crippen molar-refractivity contribution in [3.63, 3.8) is 0 Å². The van der Waals surface area contributed by atoms with Gasteiger partial charge >= 0.3 is 0 Å². The van der Waals surface area contributed by atoms with Crippen LogP contribution < -0.4 is 0 Å². The molecule has 0 bridgehead atoms. The molecule has 88 valence electrons. The summed E-state index contributed by atoms with van der Waals surface area (Å²) in [7, 11) is 0. The Morgan fingerprint density at radius 2 is 2.00 bits per heavy atom. The highest BCUT2D eigenvalue weighted by Crippen LogP contribution is 2.44. The number of fused-ring (bicyclic) bond motifs is 1. The lowest BCUT2D eigenvalue weighted by molar-refractivity contribution is -0.115. The molecule has 2 aliphatic carbocycles. The molecule has 0 heterocycles. The second kappa shape index (κ2) is 4.20. The van der Waals surface area contributed by atoms with E-state index in [0.717, 1.165) is 18.4 Å². The molecule has 0 N–H and O–H groups in total. The van der Waals surface area contributed by atoms with Gasteiger partial charge in [-0.2, -0.15) is 0 Å². The summed E-state index contributed by atoms with van der Waals surface area (Å²) in [6.45, 7) is 10.5. The molecule has 0 spiro atoms. The number of allylic oxidation sites excluding steroid dienone is 3. The van der Waals surface area contributed by atoms with E-state index in [1.54, 1.807) is 0 Å². The summed E-state index contributed by atoms with van der Waals surface area (Å²) in [5, 5.41) is 0. The molecular weight excluding hydrogens is 196 g/mol. The van der Waals surface area contributed by atoms with Crippen LogP contribution in [0.1, 0.15) is 46.5 Å². The van der Waals surface area contributed by atoms with Crippen molar-refractivity contribution in [1.29, 1.82) is 0 Å². The molecule has 2 aliphatic rings. The van der Waals surface area contributed by atoms with E-state index in [1.165, 1.54) is 24.0 Å². The number of carbonyl (C=O) groups is 1. The third-order valence-corrected chi connectivity index (χ3v) is 4.57. The first-order valence-electron chi connectivity index (χ1n) is 6.39. The Morgan fingerprint density at radius 3 is 2.62 bits per heavy atom. The van der Waals surface area contributed by atoms with Crippen LogP contribution in [0.5, 0.6) is 0 Å². The predicted molar refractivity (Wildman–Crippen MR) is 67.1 cm³/mol. The molecule has 2 rings (SSSR count). The lowest BCUT2D eigenvalue weighted by Crippen LogP contribution is -2.09. The Labute approximate surface area is 98.6 Å². The van der Waals surface area contributed by atoms with Gasteiger partial charge in [-0.15, -0.1) is 0 Å². The number of ketones is 1. The Bertz CT molecular complexity index is 362. The van der Waals surface area contributed by atoms with E-state index in [-0.39, 0.29) is 0 Å². The van der Waals surface area contributed by atoms with Crippen LogP contribution in [0.3, 0.4) is 0 Å². The minimum Gasteiger partial charge on any atom is -0.295 e. The quantitative estimate of drug-likeness (QED) is 0.610. The Morgan fingerprint density at radius 1 is 1.31 bits per heavy atom. The van der Waals surface area contributed by atoms with Crippen molar-refractivity contribution in [3.05, 3.63) is 23.3 Å². The molecule has 0 radical (unpaired) electrons.